The number of carbonyl (C=O) groups is 2. The number of amides is 1. The second kappa shape index (κ2) is 12.4. The van der Waals surface area contributed by atoms with Gasteiger partial charge in [-0.2, -0.15) is 10.4 Å². The first-order chi connectivity index (χ1) is 18.8. The third-order valence-corrected chi connectivity index (χ3v) is 6.62. The minimum atomic E-state index is -0.335. The third-order valence-electron chi connectivity index (χ3n) is 6.37. The maximum atomic E-state index is 13.3. The van der Waals surface area contributed by atoms with Crippen molar-refractivity contribution in [2.75, 3.05) is 18.4 Å². The Morgan fingerprint density at radius 2 is 1.59 bits per heavy atom. The number of nitrogens with one attached hydrogen (secondary N) is 2. The van der Waals surface area contributed by atoms with Gasteiger partial charge in [-0.3, -0.25) is 9.59 Å². The van der Waals surface area contributed by atoms with Crippen LogP contribution in [0.1, 0.15) is 69.3 Å². The lowest BCUT2D eigenvalue weighted by Crippen LogP contribution is -2.26. The van der Waals surface area contributed by atoms with E-state index in [-0.39, 0.29) is 22.9 Å². The SMILES string of the molecule is Cc1ccc(C(=O)c2nn(-c3ccc(Cl)cc3)c(NCCCNC(=O)c3ccc(C(C)C)cc3)c2C#N)cc1. The number of nitrogens with zero attached hydrogens (tertiary/aromatic N) is 3. The largest absolute Gasteiger partial charge is 0.369 e. The van der Waals surface area contributed by atoms with Crippen LogP contribution >= 0.6 is 11.6 Å². The number of halogens is 1. The van der Waals surface area contributed by atoms with Gasteiger partial charge in [0.25, 0.3) is 5.91 Å². The van der Waals surface area contributed by atoms with Crippen LogP contribution in [0.25, 0.3) is 5.69 Å². The fraction of sp³-hybridized carbons (Fsp3) is 0.226. The lowest BCUT2D eigenvalue weighted by atomic mass is 10.0. The van der Waals surface area contributed by atoms with E-state index in [0.29, 0.717) is 53.1 Å². The van der Waals surface area contributed by atoms with Crippen LogP contribution in [0, 0.1) is 18.3 Å². The Hall–Kier alpha value is -4.41. The summed E-state index contributed by atoms with van der Waals surface area (Å²) in [5, 5.41) is 21.3. The summed E-state index contributed by atoms with van der Waals surface area (Å²) in [6.07, 6.45) is 0.591. The van der Waals surface area contributed by atoms with Crippen LogP contribution in [0.3, 0.4) is 0 Å². The van der Waals surface area contributed by atoms with E-state index in [1.807, 2.05) is 43.3 Å². The predicted octanol–water partition coefficient (Wildman–Crippen LogP) is 6.29. The van der Waals surface area contributed by atoms with Gasteiger partial charge in [0.2, 0.25) is 5.78 Å². The van der Waals surface area contributed by atoms with Crippen molar-refractivity contribution in [3.63, 3.8) is 0 Å². The van der Waals surface area contributed by atoms with Crippen molar-refractivity contribution < 1.29 is 9.59 Å². The summed E-state index contributed by atoms with van der Waals surface area (Å²) >= 11 is 6.07. The summed E-state index contributed by atoms with van der Waals surface area (Å²) in [6, 6.07) is 23.9. The van der Waals surface area contributed by atoms with Gasteiger partial charge in [-0.15, -0.1) is 0 Å². The van der Waals surface area contributed by atoms with Crippen LogP contribution in [0.4, 0.5) is 5.82 Å². The number of anilines is 1. The molecule has 4 aromatic rings. The third kappa shape index (κ3) is 6.54. The zero-order chi connectivity index (χ0) is 27.9. The number of benzene rings is 3. The van der Waals surface area contributed by atoms with Crippen molar-refractivity contribution in [3.05, 3.63) is 111 Å². The van der Waals surface area contributed by atoms with Crippen molar-refractivity contribution >= 4 is 29.1 Å². The van der Waals surface area contributed by atoms with Gasteiger partial charge in [0, 0.05) is 29.2 Å². The van der Waals surface area contributed by atoms with Gasteiger partial charge >= 0.3 is 0 Å². The van der Waals surface area contributed by atoms with Gasteiger partial charge in [-0.1, -0.05) is 67.4 Å². The smallest absolute Gasteiger partial charge is 0.251 e. The van der Waals surface area contributed by atoms with Gasteiger partial charge in [-0.05, 0) is 61.2 Å². The highest BCUT2D eigenvalue weighted by molar-refractivity contribution is 6.30. The van der Waals surface area contributed by atoms with E-state index >= 15 is 0 Å². The molecule has 0 aliphatic rings. The molecule has 0 aliphatic heterocycles. The molecule has 0 unspecified atom stereocenters. The summed E-state index contributed by atoms with van der Waals surface area (Å²) in [7, 11) is 0. The van der Waals surface area contributed by atoms with E-state index in [2.05, 4.69) is 35.6 Å². The summed E-state index contributed by atoms with van der Waals surface area (Å²) in [4.78, 5) is 25.8. The van der Waals surface area contributed by atoms with Crippen LogP contribution in [-0.4, -0.2) is 34.6 Å². The molecule has 0 fully saturated rings. The van der Waals surface area contributed by atoms with Gasteiger partial charge in [0.05, 0.1) is 5.69 Å². The average Bonchev–Trinajstić information content (AvgIpc) is 3.31. The number of ketones is 1. The van der Waals surface area contributed by atoms with Crippen molar-refractivity contribution in [2.45, 2.75) is 33.1 Å². The molecule has 39 heavy (non-hydrogen) atoms. The molecule has 1 amide bonds. The maximum Gasteiger partial charge on any atom is 0.251 e. The standard InChI is InChI=1S/C31H30ClN5O2/c1-20(2)22-9-11-24(12-10-22)31(39)35-18-4-17-34-30-27(19-33)28(29(38)23-7-5-21(3)6-8-23)36-37(30)26-15-13-25(32)14-16-26/h5-16,20,34H,4,17-18H2,1-3H3,(H,35,39). The number of aryl methyl sites for hydroxylation is 1. The number of carbonyl (C=O) groups excluding carboxylic acids is 2. The second-order valence-electron chi connectivity index (χ2n) is 9.58. The molecule has 0 radical (unpaired) electrons. The number of hydrogen-bond acceptors (Lipinski definition) is 5. The Morgan fingerprint density at radius 1 is 0.949 bits per heavy atom. The van der Waals surface area contributed by atoms with Crippen molar-refractivity contribution in [1.29, 1.82) is 5.26 Å². The summed E-state index contributed by atoms with van der Waals surface area (Å²) in [6.45, 7) is 7.04. The van der Waals surface area contributed by atoms with Crippen molar-refractivity contribution in [1.82, 2.24) is 15.1 Å². The molecule has 0 bridgehead atoms. The van der Waals surface area contributed by atoms with E-state index in [9.17, 15) is 14.9 Å². The topological polar surface area (TPSA) is 99.8 Å². The lowest BCUT2D eigenvalue weighted by Gasteiger charge is -2.11. The number of rotatable bonds is 10. The Kier molecular flexibility index (Phi) is 8.80. The molecule has 8 heteroatoms. The lowest BCUT2D eigenvalue weighted by molar-refractivity contribution is 0.0952. The van der Waals surface area contributed by atoms with Crippen LogP contribution in [0.2, 0.25) is 5.02 Å². The summed E-state index contributed by atoms with van der Waals surface area (Å²) in [5.74, 6) is 0.338. The van der Waals surface area contributed by atoms with Gasteiger partial charge in [0.1, 0.15) is 17.5 Å². The van der Waals surface area contributed by atoms with Gasteiger partial charge in [0.15, 0.2) is 5.69 Å². The molecule has 0 aliphatic carbocycles. The van der Waals surface area contributed by atoms with E-state index in [1.165, 1.54) is 5.56 Å². The van der Waals surface area contributed by atoms with Crippen LogP contribution in [0.5, 0.6) is 0 Å². The molecule has 0 saturated carbocycles. The molecule has 1 aromatic heterocycles. The van der Waals surface area contributed by atoms with E-state index < -0.39 is 0 Å². The minimum Gasteiger partial charge on any atom is -0.369 e. The highest BCUT2D eigenvalue weighted by Gasteiger charge is 2.25. The van der Waals surface area contributed by atoms with Crippen LogP contribution in [-0.2, 0) is 0 Å². The minimum absolute atomic E-state index is 0.0666. The highest BCUT2D eigenvalue weighted by atomic mass is 35.5. The molecule has 2 N–H and O–H groups in total. The van der Waals surface area contributed by atoms with Crippen molar-refractivity contribution in [3.8, 4) is 11.8 Å². The first kappa shape index (κ1) is 27.6. The first-order valence-electron chi connectivity index (χ1n) is 12.8. The van der Waals surface area contributed by atoms with E-state index in [4.69, 9.17) is 11.6 Å². The normalized spacial score (nSPS) is 10.8. The Bertz CT molecular complexity index is 1500. The van der Waals surface area contributed by atoms with Gasteiger partial charge < -0.3 is 10.6 Å². The Balaban J connectivity index is 1.49. The van der Waals surface area contributed by atoms with Crippen molar-refractivity contribution in [2.24, 2.45) is 0 Å². The van der Waals surface area contributed by atoms with E-state index in [1.54, 1.807) is 41.1 Å². The van der Waals surface area contributed by atoms with E-state index in [0.717, 1.165) is 5.56 Å². The fourth-order valence-corrected chi connectivity index (χ4v) is 4.20. The Morgan fingerprint density at radius 3 is 2.21 bits per heavy atom. The highest BCUT2D eigenvalue weighted by Crippen LogP contribution is 2.26. The predicted molar refractivity (Wildman–Crippen MR) is 154 cm³/mol. The average molecular weight is 540 g/mol. The second-order valence-corrected chi connectivity index (χ2v) is 10.0. The van der Waals surface area contributed by atoms with Crippen LogP contribution in [0.15, 0.2) is 72.8 Å². The van der Waals surface area contributed by atoms with Crippen LogP contribution < -0.4 is 10.6 Å². The first-order valence-corrected chi connectivity index (χ1v) is 13.2. The zero-order valence-corrected chi connectivity index (χ0v) is 22.9. The summed E-state index contributed by atoms with van der Waals surface area (Å²) < 4.78 is 1.55. The molecule has 3 aromatic carbocycles. The Labute approximate surface area is 233 Å². The molecular formula is C31H30ClN5O2. The maximum absolute atomic E-state index is 13.3. The number of nitriles is 1. The monoisotopic (exact) mass is 539 g/mol. The number of hydrogen-bond donors (Lipinski definition) is 2. The molecule has 0 spiro atoms. The molecule has 0 saturated heterocycles. The molecule has 7 nitrogen and oxygen atoms in total. The molecule has 198 valence electrons. The quantitative estimate of drug-likeness (QED) is 0.182. The van der Waals surface area contributed by atoms with Gasteiger partial charge in [-0.25, -0.2) is 4.68 Å². The molecule has 4 rings (SSSR count). The fourth-order valence-electron chi connectivity index (χ4n) is 4.08. The molecular weight excluding hydrogens is 510 g/mol. The zero-order valence-electron chi connectivity index (χ0n) is 22.2. The molecule has 0 atom stereocenters. The summed E-state index contributed by atoms with van der Waals surface area (Å²) in [5.41, 5.74) is 4.15. The number of aromatic nitrogens is 2. The molecule has 1 heterocycles.